The van der Waals surface area contributed by atoms with E-state index in [2.05, 4.69) is 11.3 Å². The van der Waals surface area contributed by atoms with Crippen LogP contribution >= 0.6 is 23.2 Å². The van der Waals surface area contributed by atoms with Crippen LogP contribution in [0.3, 0.4) is 0 Å². The number of ether oxygens (including phenoxy) is 2. The van der Waals surface area contributed by atoms with E-state index in [1.807, 2.05) is 0 Å². The lowest BCUT2D eigenvalue weighted by Crippen LogP contribution is -2.10. The topological polar surface area (TPSA) is 35.5 Å². The first-order valence-electron chi connectivity index (χ1n) is 4.04. The molecule has 0 amide bonds. The van der Waals surface area contributed by atoms with Crippen LogP contribution in [0, 0.1) is 0 Å². The lowest BCUT2D eigenvalue weighted by atomic mass is 10.3. The van der Waals surface area contributed by atoms with E-state index in [1.165, 1.54) is 18.2 Å². The van der Waals surface area contributed by atoms with Crippen molar-refractivity contribution < 1.29 is 14.3 Å². The molecule has 0 aliphatic heterocycles. The Morgan fingerprint density at radius 2 is 2.20 bits per heavy atom. The maximum absolute atomic E-state index is 11.0. The fraction of sp³-hybridized carbons (Fsp3) is 0.100. The summed E-state index contributed by atoms with van der Waals surface area (Å²) in [5.41, 5.74) is 0. The van der Waals surface area contributed by atoms with Crippen molar-refractivity contribution in [3.63, 3.8) is 0 Å². The van der Waals surface area contributed by atoms with Crippen LogP contribution in [0.15, 0.2) is 30.9 Å². The second-order valence-electron chi connectivity index (χ2n) is 2.53. The van der Waals surface area contributed by atoms with Gasteiger partial charge in [-0.15, -0.1) is 0 Å². The largest absolute Gasteiger partial charge is 0.514 e. The number of hydrogen-bond acceptors (Lipinski definition) is 3. The van der Waals surface area contributed by atoms with E-state index in [-0.39, 0.29) is 17.4 Å². The summed E-state index contributed by atoms with van der Waals surface area (Å²) in [6.45, 7) is 3.47. The molecule has 0 saturated carbocycles. The molecule has 1 aromatic rings. The summed E-state index contributed by atoms with van der Waals surface area (Å²) in [7, 11) is 0. The van der Waals surface area contributed by atoms with Gasteiger partial charge in [-0.1, -0.05) is 35.9 Å². The maximum Gasteiger partial charge on any atom is 0.514 e. The van der Waals surface area contributed by atoms with Crippen LogP contribution in [0.1, 0.15) is 0 Å². The van der Waals surface area contributed by atoms with Crippen molar-refractivity contribution in [2.24, 2.45) is 0 Å². The molecule has 5 heteroatoms. The Hall–Kier alpha value is -1.19. The van der Waals surface area contributed by atoms with Crippen LogP contribution in [-0.4, -0.2) is 12.8 Å². The SMILES string of the molecule is C=CCOC(=O)Oc1cc(Cl)ccc1Cl. The van der Waals surface area contributed by atoms with E-state index >= 15 is 0 Å². The Kier molecular flexibility index (Phi) is 4.46. The lowest BCUT2D eigenvalue weighted by molar-refractivity contribution is 0.109. The number of halogens is 2. The molecule has 0 atom stereocenters. The van der Waals surface area contributed by atoms with E-state index in [0.29, 0.717) is 5.02 Å². The highest BCUT2D eigenvalue weighted by atomic mass is 35.5. The predicted octanol–water partition coefficient (Wildman–Crippen LogP) is 3.69. The summed E-state index contributed by atoms with van der Waals surface area (Å²) in [6, 6.07) is 4.55. The van der Waals surface area contributed by atoms with Crippen LogP contribution in [0.2, 0.25) is 10.0 Å². The monoisotopic (exact) mass is 246 g/mol. The molecule has 1 aromatic carbocycles. The second kappa shape index (κ2) is 5.63. The molecule has 15 heavy (non-hydrogen) atoms. The van der Waals surface area contributed by atoms with Crippen LogP contribution in [-0.2, 0) is 4.74 Å². The first-order chi connectivity index (χ1) is 7.13. The first kappa shape index (κ1) is 11.9. The first-order valence-corrected chi connectivity index (χ1v) is 4.79. The van der Waals surface area contributed by atoms with Crippen molar-refractivity contribution in [1.29, 1.82) is 0 Å². The summed E-state index contributed by atoms with van der Waals surface area (Å²) in [4.78, 5) is 11.0. The molecule has 0 saturated heterocycles. The normalized spacial score (nSPS) is 9.47. The summed E-state index contributed by atoms with van der Waals surface area (Å²) < 4.78 is 9.41. The minimum Gasteiger partial charge on any atom is -0.430 e. The Balaban J connectivity index is 2.67. The fourth-order valence-corrected chi connectivity index (χ4v) is 1.12. The third kappa shape index (κ3) is 3.81. The van der Waals surface area contributed by atoms with Crippen LogP contribution in [0.25, 0.3) is 0 Å². The van der Waals surface area contributed by atoms with Crippen molar-refractivity contribution in [3.8, 4) is 5.75 Å². The van der Waals surface area contributed by atoms with Gasteiger partial charge in [0.2, 0.25) is 0 Å². The molecule has 0 spiro atoms. The fourth-order valence-electron chi connectivity index (χ4n) is 0.802. The molecule has 80 valence electrons. The Morgan fingerprint density at radius 3 is 2.87 bits per heavy atom. The molecular weight excluding hydrogens is 239 g/mol. The number of carbonyl (C=O) groups excluding carboxylic acids is 1. The van der Waals surface area contributed by atoms with Gasteiger partial charge < -0.3 is 9.47 Å². The molecule has 0 fully saturated rings. The number of carbonyl (C=O) groups is 1. The molecule has 0 aliphatic rings. The maximum atomic E-state index is 11.0. The van der Waals surface area contributed by atoms with E-state index < -0.39 is 6.16 Å². The average molecular weight is 247 g/mol. The summed E-state index contributed by atoms with van der Waals surface area (Å²) in [5, 5.41) is 0.709. The standard InChI is InChI=1S/C10H8Cl2O3/c1-2-5-14-10(13)15-9-6-7(11)3-4-8(9)12/h2-4,6H,1,5H2. The smallest absolute Gasteiger partial charge is 0.430 e. The van der Waals surface area contributed by atoms with E-state index in [1.54, 1.807) is 6.07 Å². The average Bonchev–Trinajstić information content (AvgIpc) is 2.20. The highest BCUT2D eigenvalue weighted by Crippen LogP contribution is 2.27. The quantitative estimate of drug-likeness (QED) is 0.464. The van der Waals surface area contributed by atoms with Gasteiger partial charge in [-0.2, -0.15) is 0 Å². The van der Waals surface area contributed by atoms with Gasteiger partial charge in [0.1, 0.15) is 6.61 Å². The third-order valence-corrected chi connectivity index (χ3v) is 1.95. The van der Waals surface area contributed by atoms with Crippen LogP contribution < -0.4 is 4.74 Å². The van der Waals surface area contributed by atoms with E-state index in [9.17, 15) is 4.79 Å². The van der Waals surface area contributed by atoms with Crippen LogP contribution in [0.4, 0.5) is 4.79 Å². The molecule has 0 heterocycles. The molecule has 0 bridgehead atoms. The van der Waals surface area contributed by atoms with Crippen molar-refractivity contribution in [2.75, 3.05) is 6.61 Å². The van der Waals surface area contributed by atoms with Gasteiger partial charge in [0.25, 0.3) is 0 Å². The van der Waals surface area contributed by atoms with Gasteiger partial charge in [-0.05, 0) is 12.1 Å². The zero-order valence-electron chi connectivity index (χ0n) is 7.70. The minimum atomic E-state index is -0.848. The Labute approximate surface area is 97.2 Å². The zero-order valence-corrected chi connectivity index (χ0v) is 9.22. The summed E-state index contributed by atoms with van der Waals surface area (Å²) in [5.74, 6) is 0.165. The lowest BCUT2D eigenvalue weighted by Gasteiger charge is -2.05. The van der Waals surface area contributed by atoms with Crippen molar-refractivity contribution in [2.45, 2.75) is 0 Å². The summed E-state index contributed by atoms with van der Waals surface area (Å²) in [6.07, 6.45) is 0.583. The molecule has 0 aromatic heterocycles. The number of hydrogen-bond donors (Lipinski definition) is 0. The molecule has 0 aliphatic carbocycles. The minimum absolute atomic E-state index is 0.0804. The predicted molar refractivity (Wildman–Crippen MR) is 58.6 cm³/mol. The summed E-state index contributed by atoms with van der Waals surface area (Å²) >= 11 is 11.5. The molecule has 0 radical (unpaired) electrons. The van der Waals surface area contributed by atoms with E-state index in [0.717, 1.165) is 0 Å². The van der Waals surface area contributed by atoms with Gasteiger partial charge in [0.05, 0.1) is 5.02 Å². The third-order valence-electron chi connectivity index (χ3n) is 1.41. The number of rotatable bonds is 3. The van der Waals surface area contributed by atoms with Crippen molar-refractivity contribution >= 4 is 29.4 Å². The van der Waals surface area contributed by atoms with Crippen molar-refractivity contribution in [3.05, 3.63) is 40.9 Å². The number of benzene rings is 1. The molecule has 3 nitrogen and oxygen atoms in total. The molecule has 0 unspecified atom stereocenters. The van der Waals surface area contributed by atoms with E-state index in [4.69, 9.17) is 27.9 Å². The second-order valence-corrected chi connectivity index (χ2v) is 3.37. The highest BCUT2D eigenvalue weighted by Gasteiger charge is 2.09. The molecular formula is C10H8Cl2O3. The van der Waals surface area contributed by atoms with Gasteiger partial charge in [-0.25, -0.2) is 4.79 Å². The van der Waals surface area contributed by atoms with Crippen LogP contribution in [0.5, 0.6) is 5.75 Å². The Bertz CT molecular complexity index is 377. The highest BCUT2D eigenvalue weighted by molar-refractivity contribution is 6.34. The Morgan fingerprint density at radius 1 is 1.47 bits per heavy atom. The van der Waals surface area contributed by atoms with Gasteiger partial charge in [0.15, 0.2) is 5.75 Å². The molecule has 0 N–H and O–H groups in total. The van der Waals surface area contributed by atoms with Gasteiger partial charge in [-0.3, -0.25) is 0 Å². The molecule has 1 rings (SSSR count). The van der Waals surface area contributed by atoms with Gasteiger partial charge in [0, 0.05) is 11.1 Å². The van der Waals surface area contributed by atoms with Gasteiger partial charge >= 0.3 is 6.16 Å². The van der Waals surface area contributed by atoms with Crippen molar-refractivity contribution in [1.82, 2.24) is 0 Å². The zero-order chi connectivity index (χ0) is 11.3.